The van der Waals surface area contributed by atoms with Crippen LogP contribution in [-0.2, 0) is 9.53 Å². The van der Waals surface area contributed by atoms with Crippen LogP contribution in [-0.4, -0.2) is 17.4 Å². The van der Waals surface area contributed by atoms with Crippen molar-refractivity contribution in [2.75, 3.05) is 0 Å². The largest absolute Gasteiger partial charge is 0.443 e. The maximum Gasteiger partial charge on any atom is 0.349 e. The Morgan fingerprint density at radius 1 is 1.25 bits per heavy atom. The molecule has 0 saturated carbocycles. The first-order chi connectivity index (χ1) is 11.3. The highest BCUT2D eigenvalue weighted by Crippen LogP contribution is 2.23. The van der Waals surface area contributed by atoms with Crippen molar-refractivity contribution < 1.29 is 18.7 Å². The zero-order valence-electron chi connectivity index (χ0n) is 13.8. The Morgan fingerprint density at radius 2 is 1.92 bits per heavy atom. The van der Waals surface area contributed by atoms with Crippen molar-refractivity contribution in [2.45, 2.75) is 38.8 Å². The first kappa shape index (κ1) is 18.1. The Kier molecular flexibility index (Phi) is 5.72. The quantitative estimate of drug-likeness (QED) is 0.799. The molecule has 4 nitrogen and oxygen atoms in total. The van der Waals surface area contributed by atoms with Crippen LogP contribution in [0.15, 0.2) is 41.8 Å². The molecular formula is C18H20FNO3S. The highest BCUT2D eigenvalue weighted by molar-refractivity contribution is 7.11. The smallest absolute Gasteiger partial charge is 0.349 e. The van der Waals surface area contributed by atoms with Crippen molar-refractivity contribution in [1.82, 2.24) is 5.32 Å². The second-order valence-corrected chi connectivity index (χ2v) is 6.99. The van der Waals surface area contributed by atoms with E-state index in [-0.39, 0.29) is 0 Å². The predicted octanol–water partition coefficient (Wildman–Crippen LogP) is 4.09. The van der Waals surface area contributed by atoms with Gasteiger partial charge in [-0.1, -0.05) is 25.1 Å². The summed E-state index contributed by atoms with van der Waals surface area (Å²) in [6, 6.07) is 8.72. The highest BCUT2D eigenvalue weighted by atomic mass is 32.1. The third-order valence-corrected chi connectivity index (χ3v) is 4.55. The first-order valence-corrected chi connectivity index (χ1v) is 8.52. The Bertz CT molecular complexity index is 696. The predicted molar refractivity (Wildman–Crippen MR) is 91.4 cm³/mol. The number of hydrogen-bond acceptors (Lipinski definition) is 4. The van der Waals surface area contributed by atoms with E-state index >= 15 is 0 Å². The number of benzene rings is 1. The third kappa shape index (κ3) is 4.64. The van der Waals surface area contributed by atoms with Crippen LogP contribution in [0, 0.1) is 5.82 Å². The second kappa shape index (κ2) is 7.57. The molecule has 1 aromatic heterocycles. The van der Waals surface area contributed by atoms with Gasteiger partial charge in [-0.05, 0) is 43.8 Å². The molecule has 1 heterocycles. The molecule has 2 aromatic rings. The van der Waals surface area contributed by atoms with Gasteiger partial charge in [-0.3, -0.25) is 4.79 Å². The van der Waals surface area contributed by atoms with Gasteiger partial charge in [0.2, 0.25) is 6.10 Å². The topological polar surface area (TPSA) is 55.4 Å². The molecular weight excluding hydrogens is 329 g/mol. The molecule has 1 atom stereocenters. The van der Waals surface area contributed by atoms with Crippen molar-refractivity contribution in [1.29, 1.82) is 0 Å². The van der Waals surface area contributed by atoms with Gasteiger partial charge < -0.3 is 10.1 Å². The van der Waals surface area contributed by atoms with E-state index in [1.165, 1.54) is 35.6 Å². The summed E-state index contributed by atoms with van der Waals surface area (Å²) in [7, 11) is 0. The summed E-state index contributed by atoms with van der Waals surface area (Å²) >= 11 is 1.23. The van der Waals surface area contributed by atoms with E-state index in [4.69, 9.17) is 4.74 Å². The summed E-state index contributed by atoms with van der Waals surface area (Å²) in [6.07, 6.45) is -0.417. The molecule has 0 aliphatic heterocycles. The fourth-order valence-electron chi connectivity index (χ4n) is 1.96. The van der Waals surface area contributed by atoms with Crippen molar-refractivity contribution in [2.24, 2.45) is 0 Å². The zero-order chi connectivity index (χ0) is 17.7. The normalized spacial score (nSPS) is 12.5. The van der Waals surface area contributed by atoms with Gasteiger partial charge in [0, 0.05) is 11.1 Å². The third-order valence-electron chi connectivity index (χ3n) is 3.70. The summed E-state index contributed by atoms with van der Waals surface area (Å²) in [6.45, 7) is 5.71. The number of carbonyl (C=O) groups is 2. The summed E-state index contributed by atoms with van der Waals surface area (Å²) in [5, 5.41) is 4.62. The molecule has 0 aliphatic carbocycles. The van der Waals surface area contributed by atoms with E-state index in [1.54, 1.807) is 17.5 Å². The van der Waals surface area contributed by atoms with Crippen LogP contribution < -0.4 is 5.32 Å². The van der Waals surface area contributed by atoms with Crippen LogP contribution in [0.3, 0.4) is 0 Å². The number of nitrogens with one attached hydrogen (secondary N) is 1. The molecule has 24 heavy (non-hydrogen) atoms. The molecule has 0 aliphatic rings. The molecule has 0 spiro atoms. The lowest BCUT2D eigenvalue weighted by Gasteiger charge is -2.27. The molecule has 2 rings (SSSR count). The summed E-state index contributed by atoms with van der Waals surface area (Å²) < 4.78 is 18.6. The number of halogens is 1. The van der Waals surface area contributed by atoms with Crippen LogP contribution in [0.2, 0.25) is 0 Å². The molecule has 0 radical (unpaired) electrons. The number of carbonyl (C=O) groups excluding carboxylic acids is 2. The highest BCUT2D eigenvalue weighted by Gasteiger charge is 2.29. The summed E-state index contributed by atoms with van der Waals surface area (Å²) in [4.78, 5) is 25.3. The van der Waals surface area contributed by atoms with Gasteiger partial charge in [0.1, 0.15) is 10.7 Å². The summed E-state index contributed by atoms with van der Waals surface area (Å²) in [5.41, 5.74) is -0.0178. The van der Waals surface area contributed by atoms with E-state index in [0.29, 0.717) is 16.9 Å². The molecule has 128 valence electrons. The molecule has 1 N–H and O–H groups in total. The molecule has 0 bridgehead atoms. The molecule has 6 heteroatoms. The van der Waals surface area contributed by atoms with Gasteiger partial charge >= 0.3 is 5.97 Å². The van der Waals surface area contributed by atoms with Gasteiger partial charge in [-0.2, -0.15) is 0 Å². The van der Waals surface area contributed by atoms with Crippen molar-refractivity contribution in [3.63, 3.8) is 0 Å². The van der Waals surface area contributed by atoms with Crippen LogP contribution >= 0.6 is 11.3 Å². The number of thiophene rings is 1. The minimum absolute atomic E-state index is 0.407. The number of ether oxygens (including phenoxy) is 1. The Labute approximate surface area is 144 Å². The Morgan fingerprint density at radius 3 is 2.46 bits per heavy atom. The standard InChI is InChI=1S/C18H20FNO3S/c1-4-18(2,3)20-16(21)15(12-7-9-13(19)10-8-12)23-17(22)14-6-5-11-24-14/h5-11,15H,4H2,1-3H3,(H,20,21)/t15-/m0/s1. The minimum atomic E-state index is -1.13. The van der Waals surface area contributed by atoms with Gasteiger partial charge in [0.05, 0.1) is 0 Å². The lowest BCUT2D eigenvalue weighted by molar-refractivity contribution is -0.132. The van der Waals surface area contributed by atoms with Gasteiger partial charge in [0.15, 0.2) is 0 Å². The maximum atomic E-state index is 13.2. The fourth-order valence-corrected chi connectivity index (χ4v) is 2.56. The van der Waals surface area contributed by atoms with Gasteiger partial charge in [0.25, 0.3) is 5.91 Å². The molecule has 0 saturated heterocycles. The first-order valence-electron chi connectivity index (χ1n) is 7.64. The molecule has 0 unspecified atom stereocenters. The van der Waals surface area contributed by atoms with Gasteiger partial charge in [-0.15, -0.1) is 11.3 Å². The van der Waals surface area contributed by atoms with Crippen molar-refractivity contribution in [3.8, 4) is 0 Å². The monoisotopic (exact) mass is 349 g/mol. The lowest BCUT2D eigenvalue weighted by Crippen LogP contribution is -2.45. The average molecular weight is 349 g/mol. The minimum Gasteiger partial charge on any atom is -0.443 e. The van der Waals surface area contributed by atoms with E-state index in [0.717, 1.165) is 0 Å². The maximum absolute atomic E-state index is 13.2. The van der Waals surface area contributed by atoms with Crippen LogP contribution in [0.25, 0.3) is 0 Å². The Balaban J connectivity index is 2.25. The average Bonchev–Trinajstić information content (AvgIpc) is 3.07. The number of amides is 1. The number of hydrogen-bond donors (Lipinski definition) is 1. The fraction of sp³-hybridized carbons (Fsp3) is 0.333. The molecule has 1 aromatic carbocycles. The van der Waals surface area contributed by atoms with E-state index in [9.17, 15) is 14.0 Å². The molecule has 1 amide bonds. The van der Waals surface area contributed by atoms with E-state index < -0.39 is 29.3 Å². The number of esters is 1. The lowest BCUT2D eigenvalue weighted by atomic mass is 10.0. The van der Waals surface area contributed by atoms with Gasteiger partial charge in [-0.25, -0.2) is 9.18 Å². The molecule has 0 fully saturated rings. The zero-order valence-corrected chi connectivity index (χ0v) is 14.7. The van der Waals surface area contributed by atoms with Crippen LogP contribution in [0.5, 0.6) is 0 Å². The van der Waals surface area contributed by atoms with E-state index in [1.807, 2.05) is 20.8 Å². The summed E-state index contributed by atoms with van der Waals surface area (Å²) in [5.74, 6) is -1.43. The Hall–Kier alpha value is -2.21. The van der Waals surface area contributed by atoms with Crippen LogP contribution in [0.1, 0.15) is 48.5 Å². The van der Waals surface area contributed by atoms with Crippen molar-refractivity contribution >= 4 is 23.2 Å². The SMILES string of the molecule is CCC(C)(C)NC(=O)[C@@H](OC(=O)c1cccs1)c1ccc(F)cc1. The van der Waals surface area contributed by atoms with Crippen molar-refractivity contribution in [3.05, 3.63) is 58.0 Å². The number of rotatable bonds is 6. The second-order valence-electron chi connectivity index (χ2n) is 6.04. The van der Waals surface area contributed by atoms with Crippen LogP contribution in [0.4, 0.5) is 4.39 Å². The van der Waals surface area contributed by atoms with E-state index in [2.05, 4.69) is 5.32 Å².